The van der Waals surface area contributed by atoms with E-state index >= 15 is 0 Å². The van der Waals surface area contributed by atoms with Crippen molar-refractivity contribution in [1.82, 2.24) is 19.8 Å². The molecule has 4 atom stereocenters. The highest BCUT2D eigenvalue weighted by atomic mass is 16.5. The molecule has 206 valence electrons. The molecule has 0 spiro atoms. The van der Waals surface area contributed by atoms with Gasteiger partial charge in [-0.15, -0.1) is 0 Å². The van der Waals surface area contributed by atoms with Gasteiger partial charge in [0.1, 0.15) is 11.6 Å². The lowest BCUT2D eigenvalue weighted by molar-refractivity contribution is -0.150. The lowest BCUT2D eigenvalue weighted by Crippen LogP contribution is -2.53. The van der Waals surface area contributed by atoms with Gasteiger partial charge in [-0.3, -0.25) is 14.4 Å². The number of ether oxygens (including phenoxy) is 2. The molecule has 37 heavy (non-hydrogen) atoms. The highest BCUT2D eigenvalue weighted by Gasteiger charge is 2.37. The number of amides is 2. The average molecular weight is 518 g/mol. The quantitative estimate of drug-likeness (QED) is 0.286. The molecule has 0 saturated carbocycles. The largest absolute Gasteiger partial charge is 0.385 e. The normalized spacial score (nSPS) is 24.6. The molecule has 1 aromatic rings. The minimum Gasteiger partial charge on any atom is -0.385 e. The van der Waals surface area contributed by atoms with Crippen LogP contribution in [0.5, 0.6) is 0 Å². The van der Waals surface area contributed by atoms with Gasteiger partial charge < -0.3 is 24.6 Å². The molecule has 10 heteroatoms. The number of carbonyl (C=O) groups excluding carboxylic acids is 3. The van der Waals surface area contributed by atoms with Crippen LogP contribution < -0.4 is 5.32 Å². The predicted molar refractivity (Wildman–Crippen MR) is 140 cm³/mol. The molecule has 3 rings (SSSR count). The van der Waals surface area contributed by atoms with E-state index in [2.05, 4.69) is 15.3 Å². The van der Waals surface area contributed by atoms with Crippen molar-refractivity contribution in [1.29, 1.82) is 0 Å². The molecule has 0 aliphatic carbocycles. The average Bonchev–Trinajstić information content (AvgIpc) is 2.84. The van der Waals surface area contributed by atoms with Crippen LogP contribution >= 0.6 is 0 Å². The number of piperidine rings is 1. The van der Waals surface area contributed by atoms with Crippen LogP contribution in [0.25, 0.3) is 0 Å². The summed E-state index contributed by atoms with van der Waals surface area (Å²) in [5.74, 6) is 0.660. The second-order valence-corrected chi connectivity index (χ2v) is 11.5. The van der Waals surface area contributed by atoms with E-state index in [4.69, 9.17) is 9.47 Å². The molecular formula is C27H43N5O5. The third-order valence-electron chi connectivity index (χ3n) is 6.85. The molecule has 2 amide bonds. The molecule has 2 fully saturated rings. The van der Waals surface area contributed by atoms with Gasteiger partial charge in [-0.1, -0.05) is 20.8 Å². The van der Waals surface area contributed by atoms with E-state index in [1.54, 1.807) is 18.2 Å². The number of nitrogens with one attached hydrogen (secondary N) is 1. The number of ketones is 1. The van der Waals surface area contributed by atoms with Crippen LogP contribution in [0.4, 0.5) is 5.82 Å². The number of nitrogens with zero attached hydrogens (tertiary/aromatic N) is 4. The number of carbonyl (C=O) groups is 3. The van der Waals surface area contributed by atoms with Crippen molar-refractivity contribution in [2.75, 3.05) is 51.8 Å². The SMILES string of the molecule is COCCCNc1nc(C(C)(C)C)ncc1C(=O)CC1CC(C(=O)N2CC(C)OC(C)C2)CN(C=O)C1. The number of hydrogen-bond acceptors (Lipinski definition) is 8. The van der Waals surface area contributed by atoms with Crippen molar-refractivity contribution in [2.45, 2.75) is 71.5 Å². The fourth-order valence-corrected chi connectivity index (χ4v) is 5.15. The Kier molecular flexibility index (Phi) is 10.0. The van der Waals surface area contributed by atoms with Crippen LogP contribution in [-0.4, -0.2) is 96.5 Å². The molecule has 0 aromatic carbocycles. The Morgan fingerprint density at radius 2 is 1.89 bits per heavy atom. The van der Waals surface area contributed by atoms with E-state index < -0.39 is 0 Å². The first-order valence-electron chi connectivity index (χ1n) is 13.3. The lowest BCUT2D eigenvalue weighted by atomic mass is 9.84. The fourth-order valence-electron chi connectivity index (χ4n) is 5.15. The summed E-state index contributed by atoms with van der Waals surface area (Å²) in [7, 11) is 1.66. The van der Waals surface area contributed by atoms with Crippen molar-refractivity contribution >= 4 is 23.9 Å². The number of anilines is 1. The van der Waals surface area contributed by atoms with Crippen LogP contribution in [0.3, 0.4) is 0 Å². The van der Waals surface area contributed by atoms with E-state index in [1.165, 1.54) is 0 Å². The monoisotopic (exact) mass is 517 g/mol. The number of hydrogen-bond donors (Lipinski definition) is 1. The van der Waals surface area contributed by atoms with Crippen molar-refractivity contribution in [3.05, 3.63) is 17.6 Å². The number of likely N-dealkylation sites (tertiary alicyclic amines) is 1. The first-order valence-corrected chi connectivity index (χ1v) is 13.3. The fraction of sp³-hybridized carbons (Fsp3) is 0.741. The maximum Gasteiger partial charge on any atom is 0.227 e. The van der Waals surface area contributed by atoms with Gasteiger partial charge in [-0.25, -0.2) is 9.97 Å². The van der Waals surface area contributed by atoms with Gasteiger partial charge in [-0.05, 0) is 32.6 Å². The molecule has 1 N–H and O–H groups in total. The van der Waals surface area contributed by atoms with E-state index in [-0.39, 0.29) is 47.6 Å². The standard InChI is InChI=1S/C27H43N5O5/c1-18-13-32(14-19(2)37-18)25(35)21-10-20(15-31(16-21)17-33)11-23(34)22-12-29-26(27(3,4)5)30-24(22)28-8-7-9-36-6/h12,17-21H,7-11,13-16H2,1-6H3,(H,28,29,30). The summed E-state index contributed by atoms with van der Waals surface area (Å²) in [6.07, 6.45) is 3.89. The number of rotatable bonds is 10. The summed E-state index contributed by atoms with van der Waals surface area (Å²) >= 11 is 0. The minimum absolute atomic E-state index is 0.0262. The first-order chi connectivity index (χ1) is 17.5. The zero-order chi connectivity index (χ0) is 27.2. The first kappa shape index (κ1) is 29.0. The molecular weight excluding hydrogens is 474 g/mol. The van der Waals surface area contributed by atoms with Crippen molar-refractivity contribution in [2.24, 2.45) is 11.8 Å². The van der Waals surface area contributed by atoms with Gasteiger partial charge in [-0.2, -0.15) is 0 Å². The number of Topliss-reactive ketones (excluding diaryl/α,β-unsaturated/α-hetero) is 1. The molecule has 2 saturated heterocycles. The summed E-state index contributed by atoms with van der Waals surface area (Å²) in [6.45, 7) is 13.1. The van der Waals surface area contributed by atoms with Crippen LogP contribution in [0, 0.1) is 11.8 Å². The molecule has 0 bridgehead atoms. The van der Waals surface area contributed by atoms with Gasteiger partial charge in [0.25, 0.3) is 0 Å². The summed E-state index contributed by atoms with van der Waals surface area (Å²) < 4.78 is 10.9. The highest BCUT2D eigenvalue weighted by Crippen LogP contribution is 2.29. The van der Waals surface area contributed by atoms with Crippen molar-refractivity contribution in [3.63, 3.8) is 0 Å². The molecule has 4 unspecified atom stereocenters. The van der Waals surface area contributed by atoms with E-state index in [1.807, 2.05) is 39.5 Å². The Hall–Kier alpha value is -2.59. The van der Waals surface area contributed by atoms with E-state index in [9.17, 15) is 14.4 Å². The maximum atomic E-state index is 13.5. The van der Waals surface area contributed by atoms with Gasteiger partial charge >= 0.3 is 0 Å². The molecule has 2 aliphatic heterocycles. The summed E-state index contributed by atoms with van der Waals surface area (Å²) in [5, 5.41) is 3.29. The summed E-state index contributed by atoms with van der Waals surface area (Å²) in [4.78, 5) is 51.2. The molecule has 10 nitrogen and oxygen atoms in total. The Morgan fingerprint density at radius 3 is 2.51 bits per heavy atom. The summed E-state index contributed by atoms with van der Waals surface area (Å²) in [6, 6.07) is 0. The van der Waals surface area contributed by atoms with Gasteiger partial charge in [0.2, 0.25) is 12.3 Å². The van der Waals surface area contributed by atoms with Crippen LogP contribution in [0.2, 0.25) is 0 Å². The smallest absolute Gasteiger partial charge is 0.227 e. The molecule has 1 aromatic heterocycles. The van der Waals surface area contributed by atoms with Crippen LogP contribution in [-0.2, 0) is 24.5 Å². The molecule has 0 radical (unpaired) electrons. The third-order valence-corrected chi connectivity index (χ3v) is 6.85. The van der Waals surface area contributed by atoms with Crippen molar-refractivity contribution < 1.29 is 23.9 Å². The van der Waals surface area contributed by atoms with Crippen molar-refractivity contribution in [3.8, 4) is 0 Å². The van der Waals surface area contributed by atoms with E-state index in [0.717, 1.165) is 12.8 Å². The minimum atomic E-state index is -0.333. The molecule has 3 heterocycles. The number of aromatic nitrogens is 2. The van der Waals surface area contributed by atoms with E-state index in [0.29, 0.717) is 63.0 Å². The zero-order valence-corrected chi connectivity index (χ0v) is 23.2. The highest BCUT2D eigenvalue weighted by molar-refractivity contribution is 6.00. The third kappa shape index (κ3) is 7.95. The maximum absolute atomic E-state index is 13.5. The summed E-state index contributed by atoms with van der Waals surface area (Å²) in [5.41, 5.74) is 0.174. The lowest BCUT2D eigenvalue weighted by Gasteiger charge is -2.40. The Labute approximate surface area is 220 Å². The second kappa shape index (κ2) is 12.8. The van der Waals surface area contributed by atoms with Crippen LogP contribution in [0.15, 0.2) is 6.20 Å². The second-order valence-electron chi connectivity index (χ2n) is 11.5. The molecule has 2 aliphatic rings. The number of morpholine rings is 1. The Morgan fingerprint density at radius 1 is 1.19 bits per heavy atom. The topological polar surface area (TPSA) is 114 Å². The number of methoxy groups -OCH3 is 1. The Bertz CT molecular complexity index is 940. The van der Waals surface area contributed by atoms with Gasteiger partial charge in [0, 0.05) is 64.5 Å². The van der Waals surface area contributed by atoms with Gasteiger partial charge in [0.05, 0.1) is 23.7 Å². The predicted octanol–water partition coefficient (Wildman–Crippen LogP) is 2.53. The zero-order valence-electron chi connectivity index (χ0n) is 23.2. The van der Waals surface area contributed by atoms with Gasteiger partial charge in [0.15, 0.2) is 5.78 Å². The Balaban J connectivity index is 1.74. The van der Waals surface area contributed by atoms with Crippen LogP contribution in [0.1, 0.15) is 70.1 Å².